The normalized spacial score (nSPS) is 16.1. The predicted octanol–water partition coefficient (Wildman–Crippen LogP) is 4.12. The fourth-order valence-corrected chi connectivity index (χ4v) is 4.37. The molecule has 4 aromatic heterocycles. The largest absolute Gasteiger partial charge is 0.379 e. The first-order valence-corrected chi connectivity index (χ1v) is 11.0. The number of benzene rings is 1. The lowest BCUT2D eigenvalue weighted by atomic mass is 10.1. The van der Waals surface area contributed by atoms with E-state index in [0.29, 0.717) is 48.1 Å². The first-order chi connectivity index (χ1) is 16.3. The lowest BCUT2D eigenvalue weighted by molar-refractivity contribution is 0.187. The van der Waals surface area contributed by atoms with Crippen molar-refractivity contribution < 1.29 is 9.13 Å². The third-order valence-electron chi connectivity index (χ3n) is 6.05. The van der Waals surface area contributed by atoms with Gasteiger partial charge in [0.2, 0.25) is 0 Å². The summed E-state index contributed by atoms with van der Waals surface area (Å²) in [5, 5.41) is 4.65. The van der Waals surface area contributed by atoms with Crippen LogP contribution in [0.4, 0.5) is 10.2 Å². The third kappa shape index (κ3) is 3.70. The maximum Gasteiger partial charge on any atom is 0.166 e. The smallest absolute Gasteiger partial charge is 0.166 e. The third-order valence-corrected chi connectivity index (χ3v) is 6.05. The SMILES string of the molecule is Fc1cncc(-c2nc(NCCc3c[nH]c4ccccc34)c3ncn([C@@H]4CCOC4)c3n2)c1. The molecule has 0 spiro atoms. The van der Waals surface area contributed by atoms with Crippen LogP contribution in [0.3, 0.4) is 0 Å². The minimum Gasteiger partial charge on any atom is -0.379 e. The van der Waals surface area contributed by atoms with Gasteiger partial charge in [0.05, 0.1) is 25.2 Å². The summed E-state index contributed by atoms with van der Waals surface area (Å²) in [5.41, 5.74) is 4.26. The van der Waals surface area contributed by atoms with Crippen LogP contribution in [0.5, 0.6) is 0 Å². The number of nitrogens with zero attached hydrogens (tertiary/aromatic N) is 5. The van der Waals surface area contributed by atoms with Crippen molar-refractivity contribution in [3.05, 3.63) is 66.6 Å². The zero-order valence-corrected chi connectivity index (χ0v) is 17.8. The number of halogens is 1. The van der Waals surface area contributed by atoms with E-state index < -0.39 is 5.82 Å². The minimum absolute atomic E-state index is 0.169. The molecule has 0 bridgehead atoms. The average Bonchev–Trinajstić information content (AvgIpc) is 3.59. The molecule has 1 atom stereocenters. The zero-order chi connectivity index (χ0) is 22.2. The summed E-state index contributed by atoms with van der Waals surface area (Å²) in [7, 11) is 0. The molecule has 5 heterocycles. The highest BCUT2D eigenvalue weighted by molar-refractivity contribution is 5.85. The number of para-hydroxylation sites is 1. The highest BCUT2D eigenvalue weighted by Crippen LogP contribution is 2.29. The quantitative estimate of drug-likeness (QED) is 0.410. The molecule has 0 saturated carbocycles. The lowest BCUT2D eigenvalue weighted by Crippen LogP contribution is -2.11. The van der Waals surface area contributed by atoms with E-state index in [9.17, 15) is 4.39 Å². The van der Waals surface area contributed by atoms with E-state index >= 15 is 0 Å². The first kappa shape index (κ1) is 19.8. The number of H-pyrrole nitrogens is 1. The van der Waals surface area contributed by atoms with E-state index in [1.54, 1.807) is 12.5 Å². The number of imidazole rings is 1. The standard InChI is InChI=1S/C24H22FN7O/c25-17-9-16(10-26-12-17)22-30-23(21-24(31-22)32(14-29-21)18-6-8-33-13-18)27-7-5-15-11-28-20-4-2-1-3-19(15)20/h1-4,9-12,14,18,28H,5-8,13H2,(H,27,30,31)/t18-/m1/s1. The van der Waals surface area contributed by atoms with Gasteiger partial charge in [-0.1, -0.05) is 18.2 Å². The molecule has 1 aromatic carbocycles. The molecule has 1 aliphatic heterocycles. The van der Waals surface area contributed by atoms with Gasteiger partial charge in [-0.15, -0.1) is 0 Å². The number of hydrogen-bond donors (Lipinski definition) is 2. The number of ether oxygens (including phenoxy) is 1. The Kier molecular flexibility index (Phi) is 4.95. The van der Waals surface area contributed by atoms with Crippen LogP contribution in [0.1, 0.15) is 18.0 Å². The molecule has 0 aliphatic carbocycles. The summed E-state index contributed by atoms with van der Waals surface area (Å²) in [4.78, 5) is 21.3. The molecule has 8 nitrogen and oxygen atoms in total. The average molecular weight is 443 g/mol. The number of hydrogen-bond acceptors (Lipinski definition) is 6. The molecule has 166 valence electrons. The van der Waals surface area contributed by atoms with E-state index in [1.807, 2.05) is 22.9 Å². The topological polar surface area (TPSA) is 93.5 Å². The highest BCUT2D eigenvalue weighted by atomic mass is 19.1. The molecule has 0 radical (unpaired) electrons. The van der Waals surface area contributed by atoms with Gasteiger partial charge in [-0.05, 0) is 30.5 Å². The maximum absolute atomic E-state index is 13.8. The summed E-state index contributed by atoms with van der Waals surface area (Å²) in [6.07, 6.45) is 8.28. The maximum atomic E-state index is 13.8. The Hall–Kier alpha value is -3.85. The lowest BCUT2D eigenvalue weighted by Gasteiger charge is -2.12. The van der Waals surface area contributed by atoms with Crippen LogP contribution in [0, 0.1) is 5.82 Å². The van der Waals surface area contributed by atoms with E-state index in [4.69, 9.17) is 9.72 Å². The van der Waals surface area contributed by atoms with Crippen molar-refractivity contribution in [2.45, 2.75) is 18.9 Å². The minimum atomic E-state index is -0.428. The summed E-state index contributed by atoms with van der Waals surface area (Å²) >= 11 is 0. The van der Waals surface area contributed by atoms with E-state index in [2.05, 4.69) is 37.4 Å². The molecule has 33 heavy (non-hydrogen) atoms. The number of fused-ring (bicyclic) bond motifs is 2. The summed E-state index contributed by atoms with van der Waals surface area (Å²) in [6, 6.07) is 9.81. The summed E-state index contributed by atoms with van der Waals surface area (Å²) in [6.45, 7) is 2.00. The van der Waals surface area contributed by atoms with Gasteiger partial charge >= 0.3 is 0 Å². The second kappa shape index (κ2) is 8.25. The van der Waals surface area contributed by atoms with E-state index in [-0.39, 0.29) is 6.04 Å². The second-order valence-corrected chi connectivity index (χ2v) is 8.17. The Bertz CT molecular complexity index is 1440. The number of rotatable bonds is 6. The van der Waals surface area contributed by atoms with Gasteiger partial charge in [0.1, 0.15) is 11.3 Å². The van der Waals surface area contributed by atoms with Gasteiger partial charge in [-0.3, -0.25) is 4.98 Å². The molecular formula is C24H22FN7O. The van der Waals surface area contributed by atoms with Crippen LogP contribution in [0.25, 0.3) is 33.5 Å². The fourth-order valence-electron chi connectivity index (χ4n) is 4.37. The Labute approximate surface area is 188 Å². The number of anilines is 1. The molecule has 5 aromatic rings. The van der Waals surface area contributed by atoms with Crippen LogP contribution in [-0.4, -0.2) is 49.2 Å². The Morgan fingerprint density at radius 3 is 3.03 bits per heavy atom. The molecule has 1 saturated heterocycles. The van der Waals surface area contributed by atoms with Crippen LogP contribution in [0.2, 0.25) is 0 Å². The van der Waals surface area contributed by atoms with E-state index in [0.717, 1.165) is 18.4 Å². The Morgan fingerprint density at radius 2 is 2.15 bits per heavy atom. The summed E-state index contributed by atoms with van der Waals surface area (Å²) < 4.78 is 21.4. The van der Waals surface area contributed by atoms with Gasteiger partial charge in [0.25, 0.3) is 0 Å². The van der Waals surface area contributed by atoms with Crippen molar-refractivity contribution in [2.24, 2.45) is 0 Å². The Balaban J connectivity index is 1.35. The monoisotopic (exact) mass is 443 g/mol. The van der Waals surface area contributed by atoms with Crippen LogP contribution in [0.15, 0.2) is 55.2 Å². The van der Waals surface area contributed by atoms with Gasteiger partial charge in [0, 0.05) is 42.0 Å². The van der Waals surface area contributed by atoms with E-state index in [1.165, 1.54) is 23.2 Å². The molecule has 2 N–H and O–H groups in total. The Morgan fingerprint density at radius 1 is 1.21 bits per heavy atom. The fraction of sp³-hybridized carbons (Fsp3) is 0.250. The van der Waals surface area contributed by atoms with Crippen molar-refractivity contribution in [2.75, 3.05) is 25.1 Å². The summed E-state index contributed by atoms with van der Waals surface area (Å²) in [5.74, 6) is 0.601. The molecule has 1 fully saturated rings. The molecule has 0 unspecified atom stereocenters. The zero-order valence-electron chi connectivity index (χ0n) is 17.8. The van der Waals surface area contributed by atoms with Crippen LogP contribution in [-0.2, 0) is 11.2 Å². The van der Waals surface area contributed by atoms with Crippen molar-refractivity contribution in [3.63, 3.8) is 0 Å². The van der Waals surface area contributed by atoms with Gasteiger partial charge in [-0.2, -0.15) is 0 Å². The van der Waals surface area contributed by atoms with Crippen LogP contribution < -0.4 is 5.32 Å². The highest BCUT2D eigenvalue weighted by Gasteiger charge is 2.23. The first-order valence-electron chi connectivity index (χ1n) is 11.0. The predicted molar refractivity (Wildman–Crippen MR) is 123 cm³/mol. The van der Waals surface area contributed by atoms with Gasteiger partial charge in [-0.25, -0.2) is 19.3 Å². The number of nitrogens with one attached hydrogen (secondary N) is 2. The second-order valence-electron chi connectivity index (χ2n) is 8.17. The molecule has 6 rings (SSSR count). The van der Waals surface area contributed by atoms with Crippen molar-refractivity contribution in [3.8, 4) is 11.4 Å². The van der Waals surface area contributed by atoms with Crippen molar-refractivity contribution in [1.29, 1.82) is 0 Å². The number of aromatic nitrogens is 6. The van der Waals surface area contributed by atoms with Crippen molar-refractivity contribution >= 4 is 27.9 Å². The van der Waals surface area contributed by atoms with Crippen LogP contribution >= 0.6 is 0 Å². The molecule has 0 amide bonds. The van der Waals surface area contributed by atoms with Gasteiger partial charge < -0.3 is 19.6 Å². The number of pyridine rings is 1. The molecular weight excluding hydrogens is 421 g/mol. The van der Waals surface area contributed by atoms with Crippen molar-refractivity contribution in [1.82, 2.24) is 29.5 Å². The van der Waals surface area contributed by atoms with Gasteiger partial charge in [0.15, 0.2) is 17.3 Å². The molecule has 9 heteroatoms. The number of aromatic amines is 1. The molecule has 1 aliphatic rings.